The molecule has 1 heterocycles. The minimum Gasteiger partial charge on any atom is -0.493 e. The molecule has 150 valence electrons. The Kier molecular flexibility index (Phi) is 5.72. The fraction of sp³-hybridized carbons (Fsp3) is 0.211. The van der Waals surface area contributed by atoms with Gasteiger partial charge in [0, 0.05) is 23.3 Å². The largest absolute Gasteiger partial charge is 0.493 e. The number of ether oxygens (including phenoxy) is 2. The van der Waals surface area contributed by atoms with Crippen LogP contribution in [0.15, 0.2) is 47.0 Å². The molecule has 3 aromatic rings. The summed E-state index contributed by atoms with van der Waals surface area (Å²) in [4.78, 5) is 27.0. The summed E-state index contributed by atoms with van der Waals surface area (Å²) in [6, 6.07) is 10.0. The number of hydrogen-bond donors (Lipinski definition) is 1. The molecule has 10 heteroatoms. The molecule has 0 saturated heterocycles. The van der Waals surface area contributed by atoms with Crippen molar-refractivity contribution < 1.29 is 23.7 Å². The summed E-state index contributed by atoms with van der Waals surface area (Å²) < 4.78 is 15.7. The van der Waals surface area contributed by atoms with Gasteiger partial charge in [-0.2, -0.15) is 4.98 Å². The van der Waals surface area contributed by atoms with Gasteiger partial charge >= 0.3 is 0 Å². The van der Waals surface area contributed by atoms with Gasteiger partial charge in [0.1, 0.15) is 6.04 Å². The van der Waals surface area contributed by atoms with Crippen LogP contribution in [0.25, 0.3) is 11.4 Å². The summed E-state index contributed by atoms with van der Waals surface area (Å²) in [6.07, 6.45) is 0. The third-order valence-electron chi connectivity index (χ3n) is 4.12. The number of nitro groups is 1. The lowest BCUT2D eigenvalue weighted by atomic mass is 10.1. The van der Waals surface area contributed by atoms with Gasteiger partial charge < -0.3 is 19.3 Å². The minimum absolute atomic E-state index is 0.158. The summed E-state index contributed by atoms with van der Waals surface area (Å²) >= 11 is 0. The van der Waals surface area contributed by atoms with E-state index in [1.165, 1.54) is 38.5 Å². The average Bonchev–Trinajstić information content (AvgIpc) is 3.23. The molecule has 1 N–H and O–H groups in total. The summed E-state index contributed by atoms with van der Waals surface area (Å²) in [5.41, 5.74) is 0.638. The van der Waals surface area contributed by atoms with Gasteiger partial charge in [0.15, 0.2) is 11.5 Å². The van der Waals surface area contributed by atoms with Crippen LogP contribution in [0.4, 0.5) is 5.69 Å². The Bertz CT molecular complexity index is 1050. The minimum atomic E-state index is -0.608. The van der Waals surface area contributed by atoms with Crippen LogP contribution in [0, 0.1) is 10.1 Å². The van der Waals surface area contributed by atoms with E-state index in [4.69, 9.17) is 14.0 Å². The number of nitrogens with zero attached hydrogens (tertiary/aromatic N) is 3. The number of nitrogens with one attached hydrogen (secondary N) is 1. The molecule has 29 heavy (non-hydrogen) atoms. The van der Waals surface area contributed by atoms with Crippen LogP contribution < -0.4 is 14.8 Å². The summed E-state index contributed by atoms with van der Waals surface area (Å²) in [5, 5.41) is 17.5. The molecule has 0 bridgehead atoms. The Morgan fingerprint density at radius 2 is 1.93 bits per heavy atom. The van der Waals surface area contributed by atoms with Gasteiger partial charge in [-0.1, -0.05) is 11.2 Å². The normalized spacial score (nSPS) is 11.6. The molecule has 0 aliphatic rings. The van der Waals surface area contributed by atoms with Crippen molar-refractivity contribution in [2.45, 2.75) is 13.0 Å². The fourth-order valence-corrected chi connectivity index (χ4v) is 2.61. The van der Waals surface area contributed by atoms with Crippen LogP contribution in [-0.4, -0.2) is 35.2 Å². The predicted octanol–water partition coefficient (Wildman–Crippen LogP) is 3.15. The van der Waals surface area contributed by atoms with Crippen molar-refractivity contribution in [3.05, 3.63) is 64.0 Å². The van der Waals surface area contributed by atoms with Crippen molar-refractivity contribution in [2.75, 3.05) is 14.2 Å². The van der Waals surface area contributed by atoms with Crippen molar-refractivity contribution in [3.63, 3.8) is 0 Å². The zero-order valence-electron chi connectivity index (χ0n) is 15.9. The first-order valence-electron chi connectivity index (χ1n) is 8.54. The highest BCUT2D eigenvalue weighted by Gasteiger charge is 2.20. The first-order valence-corrected chi connectivity index (χ1v) is 8.54. The topological polar surface area (TPSA) is 130 Å². The maximum absolute atomic E-state index is 12.4. The molecule has 3 rings (SSSR count). The van der Waals surface area contributed by atoms with Crippen molar-refractivity contribution in [2.24, 2.45) is 0 Å². The molecule has 10 nitrogen and oxygen atoms in total. The quantitative estimate of drug-likeness (QED) is 0.474. The van der Waals surface area contributed by atoms with E-state index in [0.29, 0.717) is 22.9 Å². The zero-order chi connectivity index (χ0) is 21.0. The highest BCUT2D eigenvalue weighted by Crippen LogP contribution is 2.31. The molecule has 1 aromatic heterocycles. The monoisotopic (exact) mass is 398 g/mol. The van der Waals surface area contributed by atoms with Gasteiger partial charge in [-0.3, -0.25) is 14.9 Å². The van der Waals surface area contributed by atoms with E-state index in [1.807, 2.05) is 0 Å². The van der Waals surface area contributed by atoms with Crippen molar-refractivity contribution >= 4 is 11.6 Å². The molecular weight excluding hydrogens is 380 g/mol. The number of rotatable bonds is 7. The van der Waals surface area contributed by atoms with Gasteiger partial charge in [-0.25, -0.2) is 0 Å². The molecule has 0 radical (unpaired) electrons. The standard InChI is InChI=1S/C19H18N4O6/c1-11(20-18(24)13-5-4-6-14(9-13)23(25)26)19-21-17(22-29-19)12-7-8-15(27-2)16(10-12)28-3/h4-11H,1-3H3,(H,20,24). The molecule has 2 aromatic carbocycles. The molecule has 0 aliphatic carbocycles. The number of methoxy groups -OCH3 is 2. The third-order valence-corrected chi connectivity index (χ3v) is 4.12. The number of carbonyl (C=O) groups is 1. The van der Waals surface area contributed by atoms with Gasteiger partial charge in [0.25, 0.3) is 11.6 Å². The Morgan fingerprint density at radius 1 is 1.17 bits per heavy atom. The number of non-ortho nitro benzene ring substituents is 1. The van der Waals surface area contributed by atoms with Crippen molar-refractivity contribution in [1.82, 2.24) is 15.5 Å². The number of carbonyl (C=O) groups excluding carboxylic acids is 1. The van der Waals surface area contributed by atoms with E-state index < -0.39 is 16.9 Å². The van der Waals surface area contributed by atoms with Gasteiger partial charge in [-0.15, -0.1) is 0 Å². The maximum Gasteiger partial charge on any atom is 0.270 e. The molecule has 0 spiro atoms. The predicted molar refractivity (Wildman–Crippen MR) is 102 cm³/mol. The molecular formula is C19H18N4O6. The van der Waals surface area contributed by atoms with Gasteiger partial charge in [0.2, 0.25) is 11.7 Å². The number of hydrogen-bond acceptors (Lipinski definition) is 8. The van der Waals surface area contributed by atoms with E-state index in [0.717, 1.165) is 0 Å². The molecule has 1 atom stereocenters. The second-order valence-electron chi connectivity index (χ2n) is 6.03. The van der Waals surface area contributed by atoms with Crippen molar-refractivity contribution in [3.8, 4) is 22.9 Å². The Balaban J connectivity index is 1.75. The lowest BCUT2D eigenvalue weighted by Gasteiger charge is -2.09. The van der Waals surface area contributed by atoms with Crippen LogP contribution in [0.5, 0.6) is 11.5 Å². The molecule has 1 amide bonds. The van der Waals surface area contributed by atoms with Gasteiger partial charge in [0.05, 0.1) is 19.1 Å². The Hall–Kier alpha value is -3.95. The highest BCUT2D eigenvalue weighted by atomic mass is 16.6. The second-order valence-corrected chi connectivity index (χ2v) is 6.03. The number of nitro benzene ring substituents is 1. The summed E-state index contributed by atoms with van der Waals surface area (Å²) in [6.45, 7) is 1.67. The smallest absolute Gasteiger partial charge is 0.270 e. The van der Waals surface area contributed by atoms with Gasteiger partial charge in [-0.05, 0) is 31.2 Å². The first-order chi connectivity index (χ1) is 13.9. The lowest BCUT2D eigenvalue weighted by molar-refractivity contribution is -0.384. The van der Waals surface area contributed by atoms with Crippen LogP contribution in [-0.2, 0) is 0 Å². The molecule has 0 saturated carbocycles. The van der Waals surface area contributed by atoms with Crippen molar-refractivity contribution in [1.29, 1.82) is 0 Å². The van der Waals surface area contributed by atoms with Crippen LogP contribution >= 0.6 is 0 Å². The zero-order valence-corrected chi connectivity index (χ0v) is 15.9. The number of amides is 1. The SMILES string of the molecule is COc1ccc(-c2noc(C(C)NC(=O)c3cccc([N+](=O)[O-])c3)n2)cc1OC. The lowest BCUT2D eigenvalue weighted by Crippen LogP contribution is -2.26. The van der Waals surface area contributed by atoms with Crippen LogP contribution in [0.2, 0.25) is 0 Å². The van der Waals surface area contributed by atoms with E-state index in [9.17, 15) is 14.9 Å². The first kappa shape index (κ1) is 19.8. The highest BCUT2D eigenvalue weighted by molar-refractivity contribution is 5.95. The third kappa shape index (κ3) is 4.32. The molecule has 0 fully saturated rings. The Morgan fingerprint density at radius 3 is 2.62 bits per heavy atom. The van der Waals surface area contributed by atoms with E-state index in [-0.39, 0.29) is 17.1 Å². The van der Waals surface area contributed by atoms with E-state index in [2.05, 4.69) is 15.5 Å². The average molecular weight is 398 g/mol. The number of aromatic nitrogens is 2. The van der Waals surface area contributed by atoms with E-state index >= 15 is 0 Å². The molecule has 0 aliphatic heterocycles. The maximum atomic E-state index is 12.4. The Labute approximate surface area is 165 Å². The van der Waals surface area contributed by atoms with E-state index in [1.54, 1.807) is 25.1 Å². The fourth-order valence-electron chi connectivity index (χ4n) is 2.61. The van der Waals surface area contributed by atoms with Crippen LogP contribution in [0.3, 0.4) is 0 Å². The second kappa shape index (κ2) is 8.38. The summed E-state index contributed by atoms with van der Waals surface area (Å²) in [7, 11) is 3.06. The van der Waals surface area contributed by atoms with Crippen LogP contribution in [0.1, 0.15) is 29.2 Å². The summed E-state index contributed by atoms with van der Waals surface area (Å²) in [5.74, 6) is 1.10. The molecule has 1 unspecified atom stereocenters. The number of benzene rings is 2.